The minimum absolute atomic E-state index is 0.151. The van der Waals surface area contributed by atoms with Crippen LogP contribution in [0.15, 0.2) is 0 Å². The molecule has 2 N–H and O–H groups in total. The maximum atomic E-state index is 12.3. The van der Waals surface area contributed by atoms with Crippen LogP contribution in [0.25, 0.3) is 0 Å². The average molecular weight is 268 g/mol. The topological polar surface area (TPSA) is 47.6 Å². The zero-order chi connectivity index (χ0) is 13.9. The molecule has 0 radical (unpaired) electrons. The van der Waals surface area contributed by atoms with Gasteiger partial charge in [0.05, 0.1) is 5.54 Å². The molecule has 2 fully saturated rings. The third kappa shape index (κ3) is 3.91. The lowest BCUT2D eigenvalue weighted by Crippen LogP contribution is -2.60. The van der Waals surface area contributed by atoms with Gasteiger partial charge in [0.25, 0.3) is 0 Å². The molecule has 5 nitrogen and oxygen atoms in total. The zero-order valence-corrected chi connectivity index (χ0v) is 12.5. The van der Waals surface area contributed by atoms with E-state index in [9.17, 15) is 4.79 Å². The zero-order valence-electron chi connectivity index (χ0n) is 12.5. The first-order valence-electron chi connectivity index (χ1n) is 7.46. The summed E-state index contributed by atoms with van der Waals surface area (Å²) in [7, 11) is 2.14. The average Bonchev–Trinajstić information content (AvgIpc) is 3.23. The Morgan fingerprint density at radius 2 is 2.00 bits per heavy atom. The molecule has 1 saturated carbocycles. The van der Waals surface area contributed by atoms with Crippen LogP contribution in [-0.2, 0) is 4.79 Å². The van der Waals surface area contributed by atoms with Crippen molar-refractivity contribution in [1.29, 1.82) is 0 Å². The third-order valence-electron chi connectivity index (χ3n) is 4.38. The van der Waals surface area contributed by atoms with Gasteiger partial charge in [-0.05, 0) is 33.7 Å². The molecule has 5 heteroatoms. The van der Waals surface area contributed by atoms with Crippen molar-refractivity contribution in [2.24, 2.45) is 0 Å². The molecule has 0 aromatic heterocycles. The van der Waals surface area contributed by atoms with E-state index >= 15 is 0 Å². The van der Waals surface area contributed by atoms with Crippen LogP contribution < -0.4 is 10.6 Å². The molecule has 2 rings (SSSR count). The molecule has 0 bridgehead atoms. The van der Waals surface area contributed by atoms with Crippen molar-refractivity contribution >= 4 is 5.91 Å². The molecular weight excluding hydrogens is 240 g/mol. The number of hydrogen-bond acceptors (Lipinski definition) is 4. The van der Waals surface area contributed by atoms with Crippen LogP contribution in [0.4, 0.5) is 0 Å². The van der Waals surface area contributed by atoms with Gasteiger partial charge in [-0.25, -0.2) is 0 Å². The minimum atomic E-state index is -0.403. The molecule has 1 aliphatic heterocycles. The van der Waals surface area contributed by atoms with Gasteiger partial charge in [-0.2, -0.15) is 0 Å². The summed E-state index contributed by atoms with van der Waals surface area (Å²) >= 11 is 0. The summed E-state index contributed by atoms with van der Waals surface area (Å²) in [6.45, 7) is 9.60. The van der Waals surface area contributed by atoms with E-state index in [1.807, 2.05) is 13.8 Å². The SMILES string of the molecule is CN(CCNC(=O)C(C)(C)N1CCNCC1)C1CC1. The number of piperazine rings is 1. The molecular formula is C14H28N4O. The van der Waals surface area contributed by atoms with E-state index < -0.39 is 5.54 Å². The predicted molar refractivity (Wildman–Crippen MR) is 77.2 cm³/mol. The van der Waals surface area contributed by atoms with Gasteiger partial charge in [0.2, 0.25) is 5.91 Å². The number of likely N-dealkylation sites (N-methyl/N-ethyl adjacent to an activating group) is 1. The van der Waals surface area contributed by atoms with Crippen LogP contribution >= 0.6 is 0 Å². The normalized spacial score (nSPS) is 21.7. The van der Waals surface area contributed by atoms with E-state index in [2.05, 4.69) is 27.5 Å². The lowest BCUT2D eigenvalue weighted by Gasteiger charge is -2.39. The first-order chi connectivity index (χ1) is 9.01. The Labute approximate surface area is 116 Å². The van der Waals surface area contributed by atoms with Gasteiger partial charge >= 0.3 is 0 Å². The summed E-state index contributed by atoms with van der Waals surface area (Å²) in [4.78, 5) is 17.0. The van der Waals surface area contributed by atoms with Crippen molar-refractivity contribution < 1.29 is 4.79 Å². The number of carbonyl (C=O) groups excluding carboxylic acids is 1. The second-order valence-corrected chi connectivity index (χ2v) is 6.26. The van der Waals surface area contributed by atoms with Crippen molar-refractivity contribution in [2.75, 3.05) is 46.3 Å². The van der Waals surface area contributed by atoms with Gasteiger partial charge in [0, 0.05) is 45.3 Å². The Kier molecular flexibility index (Phi) is 4.81. The van der Waals surface area contributed by atoms with Crippen LogP contribution in [-0.4, -0.2) is 73.6 Å². The maximum Gasteiger partial charge on any atom is 0.239 e. The quantitative estimate of drug-likeness (QED) is 0.705. The molecule has 0 atom stereocenters. The number of carbonyl (C=O) groups is 1. The fourth-order valence-corrected chi connectivity index (χ4v) is 2.63. The van der Waals surface area contributed by atoms with Crippen molar-refractivity contribution in [3.8, 4) is 0 Å². The Bertz CT molecular complexity index is 309. The minimum Gasteiger partial charge on any atom is -0.353 e. The standard InChI is InChI=1S/C14H28N4O/c1-14(2,18-10-6-15-7-11-18)13(19)16-8-9-17(3)12-4-5-12/h12,15H,4-11H2,1-3H3,(H,16,19). The number of amides is 1. The van der Waals surface area contributed by atoms with Gasteiger partial charge in [-0.3, -0.25) is 9.69 Å². The molecule has 0 aromatic rings. The highest BCUT2D eigenvalue weighted by Crippen LogP contribution is 2.24. The van der Waals surface area contributed by atoms with Crippen molar-refractivity contribution in [3.63, 3.8) is 0 Å². The number of nitrogens with zero attached hydrogens (tertiary/aromatic N) is 2. The highest BCUT2D eigenvalue weighted by Gasteiger charge is 2.35. The Morgan fingerprint density at radius 3 is 2.58 bits per heavy atom. The lowest BCUT2D eigenvalue weighted by atomic mass is 10.0. The molecule has 1 aliphatic carbocycles. The molecule has 2 aliphatic rings. The second-order valence-electron chi connectivity index (χ2n) is 6.26. The van der Waals surface area contributed by atoms with Gasteiger partial charge in [-0.1, -0.05) is 0 Å². The van der Waals surface area contributed by atoms with Crippen molar-refractivity contribution in [2.45, 2.75) is 38.3 Å². The van der Waals surface area contributed by atoms with Crippen LogP contribution in [0.5, 0.6) is 0 Å². The van der Waals surface area contributed by atoms with E-state index in [1.54, 1.807) is 0 Å². The van der Waals surface area contributed by atoms with E-state index in [0.29, 0.717) is 0 Å². The highest BCUT2D eigenvalue weighted by molar-refractivity contribution is 5.85. The molecule has 0 unspecified atom stereocenters. The Balaban J connectivity index is 1.73. The van der Waals surface area contributed by atoms with Crippen LogP contribution in [0.2, 0.25) is 0 Å². The van der Waals surface area contributed by atoms with Crippen LogP contribution in [0, 0.1) is 0 Å². The van der Waals surface area contributed by atoms with E-state index in [-0.39, 0.29) is 5.91 Å². The number of hydrogen-bond donors (Lipinski definition) is 2. The van der Waals surface area contributed by atoms with Gasteiger partial charge < -0.3 is 15.5 Å². The first-order valence-corrected chi connectivity index (χ1v) is 7.46. The maximum absolute atomic E-state index is 12.3. The molecule has 0 aromatic carbocycles. The third-order valence-corrected chi connectivity index (χ3v) is 4.38. The Morgan fingerprint density at radius 1 is 1.37 bits per heavy atom. The van der Waals surface area contributed by atoms with Crippen LogP contribution in [0.3, 0.4) is 0 Å². The van der Waals surface area contributed by atoms with Crippen molar-refractivity contribution in [3.05, 3.63) is 0 Å². The number of rotatable bonds is 6. The molecule has 0 spiro atoms. The number of nitrogens with one attached hydrogen (secondary N) is 2. The highest BCUT2D eigenvalue weighted by atomic mass is 16.2. The summed E-state index contributed by atoms with van der Waals surface area (Å²) < 4.78 is 0. The molecule has 19 heavy (non-hydrogen) atoms. The summed E-state index contributed by atoms with van der Waals surface area (Å²) in [6.07, 6.45) is 2.63. The summed E-state index contributed by atoms with van der Waals surface area (Å²) in [6, 6.07) is 0.762. The second kappa shape index (κ2) is 6.20. The first kappa shape index (κ1) is 14.8. The largest absolute Gasteiger partial charge is 0.353 e. The molecule has 1 heterocycles. The summed E-state index contributed by atoms with van der Waals surface area (Å²) in [5.41, 5.74) is -0.403. The van der Waals surface area contributed by atoms with E-state index in [0.717, 1.165) is 45.3 Å². The summed E-state index contributed by atoms with van der Waals surface area (Å²) in [5, 5.41) is 6.41. The van der Waals surface area contributed by atoms with Gasteiger partial charge in [-0.15, -0.1) is 0 Å². The fourth-order valence-electron chi connectivity index (χ4n) is 2.63. The molecule has 110 valence electrons. The Hall–Kier alpha value is -0.650. The van der Waals surface area contributed by atoms with E-state index in [1.165, 1.54) is 12.8 Å². The molecule has 1 amide bonds. The van der Waals surface area contributed by atoms with Crippen molar-refractivity contribution in [1.82, 2.24) is 20.4 Å². The monoisotopic (exact) mass is 268 g/mol. The molecule has 1 saturated heterocycles. The van der Waals surface area contributed by atoms with E-state index in [4.69, 9.17) is 0 Å². The predicted octanol–water partition coefficient (Wildman–Crippen LogP) is -0.119. The van der Waals surface area contributed by atoms with Crippen LogP contribution in [0.1, 0.15) is 26.7 Å². The smallest absolute Gasteiger partial charge is 0.239 e. The summed E-state index contributed by atoms with van der Waals surface area (Å²) in [5.74, 6) is 0.151. The van der Waals surface area contributed by atoms with Gasteiger partial charge in [0.15, 0.2) is 0 Å². The lowest BCUT2D eigenvalue weighted by molar-refractivity contribution is -0.132. The fraction of sp³-hybridized carbons (Fsp3) is 0.929. The van der Waals surface area contributed by atoms with Gasteiger partial charge in [0.1, 0.15) is 0 Å².